The maximum Gasteiger partial charge on any atom is 0.151 e. The van der Waals surface area contributed by atoms with Gasteiger partial charge in [0, 0.05) is 15.4 Å². The molecule has 0 unspecified atom stereocenters. The monoisotopic (exact) mass is 304 g/mol. The van der Waals surface area contributed by atoms with Gasteiger partial charge in [-0.25, -0.2) is 0 Å². The molecule has 0 bridgehead atoms. The first-order chi connectivity index (χ1) is 10.8. The number of hydrogen-bond donors (Lipinski definition) is 0. The van der Waals surface area contributed by atoms with E-state index < -0.39 is 0 Å². The van der Waals surface area contributed by atoms with Crippen LogP contribution in [0, 0.1) is 6.92 Å². The molecule has 0 radical (unpaired) electrons. The molecule has 0 atom stereocenters. The van der Waals surface area contributed by atoms with Crippen LogP contribution in [0.25, 0.3) is 11.1 Å². The summed E-state index contributed by atoms with van der Waals surface area (Å²) in [6.07, 6.45) is 0.933. The highest BCUT2D eigenvalue weighted by atomic mass is 32.2. The maximum absolute atomic E-state index is 11.4. The van der Waals surface area contributed by atoms with Crippen molar-refractivity contribution in [3.05, 3.63) is 83.9 Å². The maximum atomic E-state index is 11.4. The van der Waals surface area contributed by atoms with Crippen LogP contribution in [0.1, 0.15) is 15.9 Å². The van der Waals surface area contributed by atoms with Gasteiger partial charge in [-0.15, -0.1) is 0 Å². The van der Waals surface area contributed by atoms with Gasteiger partial charge in [0.05, 0.1) is 0 Å². The molecule has 0 amide bonds. The highest BCUT2D eigenvalue weighted by Crippen LogP contribution is 2.32. The summed E-state index contributed by atoms with van der Waals surface area (Å²) >= 11 is 1.62. The molecule has 0 N–H and O–H groups in total. The summed E-state index contributed by atoms with van der Waals surface area (Å²) in [6.45, 7) is 2.07. The second-order valence-corrected chi connectivity index (χ2v) is 6.27. The van der Waals surface area contributed by atoms with E-state index in [1.807, 2.05) is 30.3 Å². The fourth-order valence-electron chi connectivity index (χ4n) is 2.28. The first kappa shape index (κ1) is 14.6. The van der Waals surface area contributed by atoms with Gasteiger partial charge in [0.25, 0.3) is 0 Å². The first-order valence-electron chi connectivity index (χ1n) is 7.15. The van der Waals surface area contributed by atoms with Crippen molar-refractivity contribution in [3.8, 4) is 11.1 Å². The predicted molar refractivity (Wildman–Crippen MR) is 92.6 cm³/mol. The summed E-state index contributed by atoms with van der Waals surface area (Å²) < 4.78 is 0. The van der Waals surface area contributed by atoms with Crippen LogP contribution in [-0.4, -0.2) is 6.29 Å². The number of benzene rings is 3. The molecule has 0 heterocycles. The molecule has 0 aromatic heterocycles. The molecule has 3 rings (SSSR count). The van der Waals surface area contributed by atoms with E-state index in [-0.39, 0.29) is 0 Å². The molecule has 0 aliphatic carbocycles. The van der Waals surface area contributed by atoms with E-state index in [1.165, 1.54) is 5.56 Å². The van der Waals surface area contributed by atoms with Gasteiger partial charge < -0.3 is 0 Å². The average Bonchev–Trinajstić information content (AvgIpc) is 2.58. The van der Waals surface area contributed by atoms with E-state index in [0.29, 0.717) is 0 Å². The topological polar surface area (TPSA) is 17.1 Å². The third kappa shape index (κ3) is 3.29. The minimum Gasteiger partial charge on any atom is -0.298 e. The fourth-order valence-corrected chi connectivity index (χ4v) is 3.16. The van der Waals surface area contributed by atoms with Gasteiger partial charge in [-0.1, -0.05) is 65.9 Å². The van der Waals surface area contributed by atoms with E-state index in [2.05, 4.69) is 49.4 Å². The van der Waals surface area contributed by atoms with Crippen LogP contribution in [0.15, 0.2) is 82.6 Å². The zero-order valence-electron chi connectivity index (χ0n) is 12.3. The molecule has 108 valence electrons. The minimum absolute atomic E-state index is 0.729. The van der Waals surface area contributed by atoms with Crippen LogP contribution >= 0.6 is 11.8 Å². The molecule has 3 aromatic carbocycles. The normalized spacial score (nSPS) is 10.4. The van der Waals surface area contributed by atoms with Crippen LogP contribution in [-0.2, 0) is 0 Å². The Morgan fingerprint density at radius 2 is 1.55 bits per heavy atom. The lowest BCUT2D eigenvalue weighted by molar-refractivity contribution is 0.112. The molecule has 2 heteroatoms. The summed E-state index contributed by atoms with van der Waals surface area (Å²) in [6, 6.07) is 24.5. The lowest BCUT2D eigenvalue weighted by Gasteiger charge is -2.08. The smallest absolute Gasteiger partial charge is 0.151 e. The molecule has 1 nitrogen and oxygen atoms in total. The van der Waals surface area contributed by atoms with Gasteiger partial charge in [-0.3, -0.25) is 4.79 Å². The molecule has 0 aliphatic rings. The molecule has 0 spiro atoms. The number of rotatable bonds is 4. The number of aldehydes is 1. The van der Waals surface area contributed by atoms with Crippen molar-refractivity contribution in [1.29, 1.82) is 0 Å². The van der Waals surface area contributed by atoms with E-state index in [1.54, 1.807) is 11.8 Å². The zero-order chi connectivity index (χ0) is 15.4. The number of carbonyl (C=O) groups is 1. The molecule has 0 saturated carbocycles. The second-order valence-electron chi connectivity index (χ2n) is 5.15. The summed E-state index contributed by atoms with van der Waals surface area (Å²) in [5, 5.41) is 0. The summed E-state index contributed by atoms with van der Waals surface area (Å²) in [5.41, 5.74) is 4.15. The van der Waals surface area contributed by atoms with Gasteiger partial charge in [-0.05, 0) is 42.3 Å². The Morgan fingerprint density at radius 3 is 2.23 bits per heavy atom. The van der Waals surface area contributed by atoms with Gasteiger partial charge in [0.1, 0.15) is 0 Å². The molecular weight excluding hydrogens is 288 g/mol. The summed E-state index contributed by atoms with van der Waals surface area (Å²) in [4.78, 5) is 13.6. The number of hydrogen-bond acceptors (Lipinski definition) is 2. The Labute approximate surface area is 135 Å². The second kappa shape index (κ2) is 6.63. The van der Waals surface area contributed by atoms with Crippen LogP contribution in [0.3, 0.4) is 0 Å². The highest BCUT2D eigenvalue weighted by Gasteiger charge is 2.06. The van der Waals surface area contributed by atoms with Gasteiger partial charge >= 0.3 is 0 Å². The van der Waals surface area contributed by atoms with E-state index in [4.69, 9.17) is 0 Å². The SMILES string of the molecule is Cc1ccc(Sc2ccc(-c3ccccc3)cc2C=O)cc1. The Morgan fingerprint density at radius 1 is 0.818 bits per heavy atom. The molecule has 22 heavy (non-hydrogen) atoms. The Hall–Kier alpha value is -2.32. The van der Waals surface area contributed by atoms with Crippen molar-refractivity contribution in [2.75, 3.05) is 0 Å². The largest absolute Gasteiger partial charge is 0.298 e. The summed E-state index contributed by atoms with van der Waals surface area (Å²) in [5.74, 6) is 0. The van der Waals surface area contributed by atoms with Crippen molar-refractivity contribution < 1.29 is 4.79 Å². The number of carbonyl (C=O) groups excluding carboxylic acids is 1. The van der Waals surface area contributed by atoms with Crippen molar-refractivity contribution in [1.82, 2.24) is 0 Å². The molecule has 0 saturated heterocycles. The quantitative estimate of drug-likeness (QED) is 0.581. The molecule has 0 aliphatic heterocycles. The molecule has 0 fully saturated rings. The van der Waals surface area contributed by atoms with Crippen LogP contribution in [0.5, 0.6) is 0 Å². The average molecular weight is 304 g/mol. The Bertz CT molecular complexity index is 777. The standard InChI is InChI=1S/C20H16OS/c1-15-7-10-19(11-8-15)22-20-12-9-17(13-18(20)14-21)16-5-3-2-4-6-16/h2-14H,1H3. The van der Waals surface area contributed by atoms with Gasteiger partial charge in [0.2, 0.25) is 0 Å². The third-order valence-corrected chi connectivity index (χ3v) is 4.59. The Kier molecular flexibility index (Phi) is 4.40. The predicted octanol–water partition coefficient (Wildman–Crippen LogP) is 5.63. The van der Waals surface area contributed by atoms with Crippen molar-refractivity contribution in [2.45, 2.75) is 16.7 Å². The highest BCUT2D eigenvalue weighted by molar-refractivity contribution is 7.99. The summed E-state index contributed by atoms with van der Waals surface area (Å²) in [7, 11) is 0. The zero-order valence-corrected chi connectivity index (χ0v) is 13.1. The lowest BCUT2D eigenvalue weighted by Crippen LogP contribution is -1.87. The van der Waals surface area contributed by atoms with Crippen LogP contribution in [0.4, 0.5) is 0 Å². The van der Waals surface area contributed by atoms with Crippen molar-refractivity contribution in [2.24, 2.45) is 0 Å². The first-order valence-corrected chi connectivity index (χ1v) is 7.97. The number of aryl methyl sites for hydroxylation is 1. The third-order valence-electron chi connectivity index (χ3n) is 3.49. The molecule has 3 aromatic rings. The van der Waals surface area contributed by atoms with Crippen molar-refractivity contribution in [3.63, 3.8) is 0 Å². The van der Waals surface area contributed by atoms with Gasteiger partial charge in [-0.2, -0.15) is 0 Å². The minimum atomic E-state index is 0.729. The van der Waals surface area contributed by atoms with Gasteiger partial charge in [0.15, 0.2) is 6.29 Å². The van der Waals surface area contributed by atoms with E-state index >= 15 is 0 Å². The van der Waals surface area contributed by atoms with Crippen LogP contribution in [0.2, 0.25) is 0 Å². The van der Waals surface area contributed by atoms with Crippen LogP contribution < -0.4 is 0 Å². The fraction of sp³-hybridized carbons (Fsp3) is 0.0500. The Balaban J connectivity index is 1.92. The van der Waals surface area contributed by atoms with E-state index in [9.17, 15) is 4.79 Å². The van der Waals surface area contributed by atoms with E-state index in [0.717, 1.165) is 32.8 Å². The molecular formula is C20H16OS. The lowest BCUT2D eigenvalue weighted by atomic mass is 10.0. The van der Waals surface area contributed by atoms with Crippen molar-refractivity contribution >= 4 is 18.0 Å².